The molecule has 0 aliphatic heterocycles. The maximum atomic E-state index is 9.62. The number of nitrogens with zero attached hydrogens (tertiary/aromatic N) is 1. The zero-order chi connectivity index (χ0) is 15.0. The summed E-state index contributed by atoms with van der Waals surface area (Å²) in [6.45, 7) is 2.77. The smallest absolute Gasteiger partial charge is 0.0705 e. The van der Waals surface area contributed by atoms with Gasteiger partial charge in [0.2, 0.25) is 0 Å². The fraction of sp³-hybridized carbons (Fsp3) is 0.176. The number of benzene rings is 2. The molecule has 4 heteroatoms. The Bertz CT molecular complexity index is 808. The van der Waals surface area contributed by atoms with E-state index in [4.69, 9.17) is 23.2 Å². The number of hydrogen-bond acceptors (Lipinski definition) is 1. The number of aromatic nitrogens is 1. The second kappa shape index (κ2) is 5.72. The molecule has 0 atom stereocenters. The molecule has 0 bridgehead atoms. The summed E-state index contributed by atoms with van der Waals surface area (Å²) >= 11 is 12.1. The maximum absolute atomic E-state index is 9.62. The summed E-state index contributed by atoms with van der Waals surface area (Å²) < 4.78 is 2.19. The Balaban J connectivity index is 2.12. The van der Waals surface area contributed by atoms with Gasteiger partial charge in [-0.3, -0.25) is 0 Å². The molecule has 0 saturated carbocycles. The second-order valence-corrected chi connectivity index (χ2v) is 5.89. The van der Waals surface area contributed by atoms with E-state index >= 15 is 0 Å². The van der Waals surface area contributed by atoms with Gasteiger partial charge in [-0.05, 0) is 30.7 Å². The van der Waals surface area contributed by atoms with E-state index in [1.807, 2.05) is 43.3 Å². The molecule has 108 valence electrons. The molecule has 0 unspecified atom stereocenters. The lowest BCUT2D eigenvalue weighted by Crippen LogP contribution is -2.02. The van der Waals surface area contributed by atoms with Gasteiger partial charge in [0.25, 0.3) is 0 Å². The van der Waals surface area contributed by atoms with Crippen molar-refractivity contribution >= 4 is 34.1 Å². The molecule has 3 rings (SSSR count). The summed E-state index contributed by atoms with van der Waals surface area (Å²) in [6, 6.07) is 13.8. The Morgan fingerprint density at radius 1 is 1.05 bits per heavy atom. The molecule has 0 fully saturated rings. The van der Waals surface area contributed by atoms with Gasteiger partial charge in [0.15, 0.2) is 0 Å². The lowest BCUT2D eigenvalue weighted by molar-refractivity contribution is 0.282. The number of hydrogen-bond donors (Lipinski definition) is 1. The van der Waals surface area contributed by atoms with Gasteiger partial charge < -0.3 is 9.67 Å². The third-order valence-corrected chi connectivity index (χ3v) is 4.58. The van der Waals surface area contributed by atoms with Crippen molar-refractivity contribution in [3.63, 3.8) is 0 Å². The maximum Gasteiger partial charge on any atom is 0.0705 e. The highest BCUT2D eigenvalue weighted by Gasteiger charge is 2.13. The molecule has 0 aliphatic carbocycles. The average Bonchev–Trinajstić information content (AvgIpc) is 2.75. The van der Waals surface area contributed by atoms with Crippen LogP contribution in [0.5, 0.6) is 0 Å². The van der Waals surface area contributed by atoms with Gasteiger partial charge in [-0.15, -0.1) is 0 Å². The van der Waals surface area contributed by atoms with Gasteiger partial charge in [-0.1, -0.05) is 47.5 Å². The Labute approximate surface area is 133 Å². The molecule has 21 heavy (non-hydrogen) atoms. The van der Waals surface area contributed by atoms with Crippen LogP contribution in [-0.4, -0.2) is 9.67 Å². The van der Waals surface area contributed by atoms with Gasteiger partial charge >= 0.3 is 0 Å². The van der Waals surface area contributed by atoms with Crippen LogP contribution in [0, 0.1) is 6.92 Å². The predicted molar refractivity (Wildman–Crippen MR) is 88.2 cm³/mol. The first-order chi connectivity index (χ1) is 10.1. The molecular formula is C17H15Cl2NO. The van der Waals surface area contributed by atoms with Gasteiger partial charge in [0.1, 0.15) is 0 Å². The number of aliphatic hydroxyl groups excluding tert-OH is 1. The number of fused-ring (bicyclic) bond motifs is 1. The first-order valence-electron chi connectivity index (χ1n) is 6.73. The fourth-order valence-electron chi connectivity index (χ4n) is 2.73. The van der Waals surface area contributed by atoms with Crippen LogP contribution in [0.4, 0.5) is 0 Å². The number of rotatable bonds is 3. The number of para-hydroxylation sites is 1. The Kier molecular flexibility index (Phi) is 3.94. The number of aliphatic hydroxyl groups is 1. The molecule has 1 heterocycles. The number of halogens is 2. The standard InChI is InChI=1S/C17H15Cl2NO/c1-11-14(10-21)13-4-2-3-5-17(13)20(11)9-12-6-7-15(18)16(19)8-12/h2-8,21H,9-10H2,1H3. The van der Waals surface area contributed by atoms with Crippen LogP contribution in [0.15, 0.2) is 42.5 Å². The van der Waals surface area contributed by atoms with E-state index in [1.165, 1.54) is 0 Å². The molecule has 1 N–H and O–H groups in total. The van der Waals surface area contributed by atoms with Gasteiger partial charge in [0.05, 0.1) is 16.7 Å². The minimum Gasteiger partial charge on any atom is -0.392 e. The highest BCUT2D eigenvalue weighted by molar-refractivity contribution is 6.42. The first kappa shape index (κ1) is 14.5. The van der Waals surface area contributed by atoms with Crippen molar-refractivity contribution < 1.29 is 5.11 Å². The summed E-state index contributed by atoms with van der Waals surface area (Å²) in [5.41, 5.74) is 4.25. The van der Waals surface area contributed by atoms with Gasteiger partial charge in [-0.25, -0.2) is 0 Å². The van der Waals surface area contributed by atoms with E-state index < -0.39 is 0 Å². The van der Waals surface area contributed by atoms with Crippen molar-refractivity contribution in [2.45, 2.75) is 20.1 Å². The van der Waals surface area contributed by atoms with Crippen LogP contribution in [0.2, 0.25) is 10.0 Å². The third-order valence-electron chi connectivity index (χ3n) is 3.84. The van der Waals surface area contributed by atoms with Crippen LogP contribution in [0.25, 0.3) is 10.9 Å². The summed E-state index contributed by atoms with van der Waals surface area (Å²) in [5.74, 6) is 0. The second-order valence-electron chi connectivity index (χ2n) is 5.07. The monoisotopic (exact) mass is 319 g/mol. The van der Waals surface area contributed by atoms with E-state index in [1.54, 1.807) is 0 Å². The SMILES string of the molecule is Cc1c(CO)c2ccccc2n1Cc1ccc(Cl)c(Cl)c1. The van der Waals surface area contributed by atoms with Gasteiger partial charge in [0, 0.05) is 28.7 Å². The normalized spacial score (nSPS) is 11.2. The van der Waals surface area contributed by atoms with Crippen LogP contribution < -0.4 is 0 Å². The molecule has 0 spiro atoms. The zero-order valence-corrected chi connectivity index (χ0v) is 13.1. The molecule has 0 radical (unpaired) electrons. The van der Waals surface area contributed by atoms with Crippen molar-refractivity contribution in [3.05, 3.63) is 69.3 Å². The van der Waals surface area contributed by atoms with Gasteiger partial charge in [-0.2, -0.15) is 0 Å². The first-order valence-corrected chi connectivity index (χ1v) is 7.49. The highest BCUT2D eigenvalue weighted by Crippen LogP contribution is 2.28. The minimum atomic E-state index is 0.0424. The predicted octanol–water partition coefficient (Wildman–Crippen LogP) is 4.80. The highest BCUT2D eigenvalue weighted by atomic mass is 35.5. The lowest BCUT2D eigenvalue weighted by Gasteiger charge is -2.10. The Morgan fingerprint density at radius 2 is 1.81 bits per heavy atom. The van der Waals surface area contributed by atoms with E-state index in [-0.39, 0.29) is 6.61 Å². The topological polar surface area (TPSA) is 25.2 Å². The molecule has 0 saturated heterocycles. The lowest BCUT2D eigenvalue weighted by atomic mass is 10.1. The van der Waals surface area contributed by atoms with E-state index in [0.717, 1.165) is 27.7 Å². The summed E-state index contributed by atoms with van der Waals surface area (Å²) in [5, 5.41) is 11.8. The summed E-state index contributed by atoms with van der Waals surface area (Å²) in [4.78, 5) is 0. The van der Waals surface area contributed by atoms with Crippen molar-refractivity contribution in [3.8, 4) is 0 Å². The zero-order valence-electron chi connectivity index (χ0n) is 11.6. The molecule has 0 aliphatic rings. The Morgan fingerprint density at radius 3 is 2.52 bits per heavy atom. The quantitative estimate of drug-likeness (QED) is 0.737. The molecular weight excluding hydrogens is 305 g/mol. The van der Waals surface area contributed by atoms with E-state index in [9.17, 15) is 5.11 Å². The van der Waals surface area contributed by atoms with Crippen molar-refractivity contribution in [2.75, 3.05) is 0 Å². The molecule has 3 aromatic rings. The Hall–Kier alpha value is -1.48. The van der Waals surface area contributed by atoms with Crippen molar-refractivity contribution in [2.24, 2.45) is 0 Å². The van der Waals surface area contributed by atoms with Crippen LogP contribution in [0.1, 0.15) is 16.8 Å². The van der Waals surface area contributed by atoms with Crippen molar-refractivity contribution in [1.82, 2.24) is 4.57 Å². The van der Waals surface area contributed by atoms with Crippen LogP contribution in [0.3, 0.4) is 0 Å². The molecule has 2 aromatic carbocycles. The molecule has 2 nitrogen and oxygen atoms in total. The minimum absolute atomic E-state index is 0.0424. The summed E-state index contributed by atoms with van der Waals surface area (Å²) in [7, 11) is 0. The average molecular weight is 320 g/mol. The van der Waals surface area contributed by atoms with E-state index in [2.05, 4.69) is 10.6 Å². The van der Waals surface area contributed by atoms with E-state index in [0.29, 0.717) is 16.6 Å². The van der Waals surface area contributed by atoms with Crippen LogP contribution >= 0.6 is 23.2 Å². The third kappa shape index (κ3) is 2.55. The molecule has 0 amide bonds. The summed E-state index contributed by atoms with van der Waals surface area (Å²) in [6.07, 6.45) is 0. The van der Waals surface area contributed by atoms with Crippen LogP contribution in [-0.2, 0) is 13.2 Å². The van der Waals surface area contributed by atoms with Crippen molar-refractivity contribution in [1.29, 1.82) is 0 Å². The largest absolute Gasteiger partial charge is 0.392 e. The fourth-order valence-corrected chi connectivity index (χ4v) is 3.05. The molecule has 1 aromatic heterocycles.